The van der Waals surface area contributed by atoms with Crippen LogP contribution in [-0.2, 0) is 9.53 Å². The number of alkyl halides is 19. The lowest BCUT2D eigenvalue weighted by Crippen LogP contribution is -2.75. The molecule has 0 amide bonds. The number of hydrogen-bond donors (Lipinski definition) is 0. The van der Waals surface area contributed by atoms with Crippen LogP contribution in [0.15, 0.2) is 12.2 Å². The minimum absolute atomic E-state index is 0.491. The first kappa shape index (κ1) is 33.9. The van der Waals surface area contributed by atoms with E-state index in [2.05, 4.69) is 11.3 Å². The van der Waals surface area contributed by atoms with Crippen LogP contribution in [0.2, 0.25) is 0 Å². The molecular weight excluding hydrogens is 573 g/mol. The van der Waals surface area contributed by atoms with E-state index in [9.17, 15) is 88.2 Å². The molecule has 3 atom stereocenters. The molecule has 0 rings (SSSR count). The highest BCUT2D eigenvalue weighted by Crippen LogP contribution is 2.63. The molecule has 0 aliphatic carbocycles. The maximum Gasteiger partial charge on any atom is 0.385 e. The lowest BCUT2D eigenvalue weighted by Gasteiger charge is -2.43. The van der Waals surface area contributed by atoms with Gasteiger partial charge in [-0.15, -0.1) is 0 Å². The van der Waals surface area contributed by atoms with Gasteiger partial charge in [-0.1, -0.05) is 6.58 Å². The molecule has 0 N–H and O–H groups in total. The molecule has 0 spiro atoms. The first-order valence-corrected chi connectivity index (χ1v) is 8.23. The van der Waals surface area contributed by atoms with Gasteiger partial charge < -0.3 is 4.74 Å². The number of carbonyl (C=O) groups excluding carboxylic acids is 1. The summed E-state index contributed by atoms with van der Waals surface area (Å²) in [5.74, 6) is -60.8. The minimum atomic E-state index is -8.83. The Morgan fingerprint density at radius 1 is 0.611 bits per heavy atom. The lowest BCUT2D eigenvalue weighted by atomic mass is 9.87. The maximum absolute atomic E-state index is 13.6. The summed E-state index contributed by atoms with van der Waals surface area (Å²) in [6, 6.07) is 0. The van der Waals surface area contributed by atoms with Crippen molar-refractivity contribution in [3.8, 4) is 0 Å². The van der Waals surface area contributed by atoms with Gasteiger partial charge in [-0.25, -0.2) is 22.4 Å². The second-order valence-electron chi connectivity index (χ2n) is 6.80. The van der Waals surface area contributed by atoms with Crippen LogP contribution in [0.4, 0.5) is 83.4 Å². The van der Waals surface area contributed by atoms with Gasteiger partial charge in [-0.05, 0) is 6.92 Å². The number of carbonyl (C=O) groups is 1. The highest BCUT2D eigenvalue weighted by molar-refractivity contribution is 5.87. The molecule has 3 unspecified atom stereocenters. The monoisotopic (exact) mass is 582 g/mol. The average Bonchev–Trinajstić information content (AvgIpc) is 2.70. The molecule has 0 bridgehead atoms. The number of halogens is 19. The molecule has 0 aromatic carbocycles. The Morgan fingerprint density at radius 3 is 1.22 bits per heavy atom. The van der Waals surface area contributed by atoms with E-state index in [-0.39, 0.29) is 0 Å². The summed E-state index contributed by atoms with van der Waals surface area (Å²) >= 11 is 0. The van der Waals surface area contributed by atoms with E-state index < -0.39 is 78.1 Å². The van der Waals surface area contributed by atoms with Gasteiger partial charge >= 0.3 is 53.8 Å². The number of ether oxygens (including phenoxy) is 1. The molecule has 36 heavy (non-hydrogen) atoms. The van der Waals surface area contributed by atoms with E-state index in [1.807, 2.05) is 0 Å². The predicted octanol–water partition coefficient (Wildman–Crippen LogP) is 6.79. The Balaban J connectivity index is 6.72. The first-order chi connectivity index (χ1) is 15.5. The summed E-state index contributed by atoms with van der Waals surface area (Å²) in [5.41, 5.74) is -1.13. The van der Waals surface area contributed by atoms with Crippen molar-refractivity contribution in [1.82, 2.24) is 0 Å². The van der Waals surface area contributed by atoms with Gasteiger partial charge in [0.05, 0.1) is 0 Å². The van der Waals surface area contributed by atoms with Gasteiger partial charge in [-0.2, -0.15) is 65.9 Å². The summed E-state index contributed by atoms with van der Waals surface area (Å²) in [7, 11) is 0. The molecule has 0 radical (unpaired) electrons. The van der Waals surface area contributed by atoms with Crippen LogP contribution in [0.3, 0.4) is 0 Å². The summed E-state index contributed by atoms with van der Waals surface area (Å²) in [4.78, 5) is 10.8. The van der Waals surface area contributed by atoms with Crippen LogP contribution in [0, 0.1) is 0 Å². The van der Waals surface area contributed by atoms with Crippen molar-refractivity contribution in [1.29, 1.82) is 0 Å². The summed E-state index contributed by atoms with van der Waals surface area (Å²) in [6.45, 7) is 3.05. The van der Waals surface area contributed by atoms with Gasteiger partial charge in [0, 0.05) is 5.57 Å². The van der Waals surface area contributed by atoms with Crippen molar-refractivity contribution in [3.63, 3.8) is 0 Å². The fourth-order valence-electron chi connectivity index (χ4n) is 1.92. The van der Waals surface area contributed by atoms with Crippen molar-refractivity contribution in [2.75, 3.05) is 0 Å². The molecule has 0 heterocycles. The molecule has 0 fully saturated rings. The van der Waals surface area contributed by atoms with E-state index in [0.29, 0.717) is 6.92 Å². The average molecular weight is 582 g/mol. The topological polar surface area (TPSA) is 26.3 Å². The number of esters is 1. The number of hydrogen-bond acceptors (Lipinski definition) is 2. The van der Waals surface area contributed by atoms with Crippen molar-refractivity contribution < 1.29 is 92.9 Å². The Kier molecular flexibility index (Phi) is 9.07. The maximum atomic E-state index is 13.6. The zero-order chi connectivity index (χ0) is 29.7. The van der Waals surface area contributed by atoms with Gasteiger partial charge in [0.2, 0.25) is 6.17 Å². The third-order valence-corrected chi connectivity index (χ3v) is 4.13. The van der Waals surface area contributed by atoms with Crippen LogP contribution in [0.25, 0.3) is 0 Å². The highest BCUT2D eigenvalue weighted by Gasteiger charge is 2.94. The van der Waals surface area contributed by atoms with Gasteiger partial charge in [0.25, 0.3) is 6.43 Å². The molecular formula is C15H9F19O2. The van der Waals surface area contributed by atoms with E-state index in [1.165, 1.54) is 0 Å². The predicted molar refractivity (Wildman–Crippen MR) is 76.2 cm³/mol. The summed E-state index contributed by atoms with van der Waals surface area (Å²) < 4.78 is 254. The van der Waals surface area contributed by atoms with Crippen molar-refractivity contribution >= 4 is 5.97 Å². The molecule has 0 aliphatic heterocycles. The Labute approximate surface area is 186 Å². The van der Waals surface area contributed by atoms with Crippen molar-refractivity contribution in [3.05, 3.63) is 12.2 Å². The van der Waals surface area contributed by atoms with Crippen LogP contribution >= 0.6 is 0 Å². The fourth-order valence-corrected chi connectivity index (χ4v) is 1.92. The molecule has 0 aromatic rings. The molecule has 0 aromatic heterocycles. The molecule has 2 nitrogen and oxygen atoms in total. The van der Waals surface area contributed by atoms with Gasteiger partial charge in [-0.3, -0.25) is 0 Å². The van der Waals surface area contributed by atoms with Gasteiger partial charge in [0.1, 0.15) is 0 Å². The third-order valence-electron chi connectivity index (χ3n) is 4.13. The Hall–Kier alpha value is -2.12. The third kappa shape index (κ3) is 4.76. The van der Waals surface area contributed by atoms with E-state index in [0.717, 1.165) is 0 Å². The molecule has 0 saturated carbocycles. The van der Waals surface area contributed by atoms with Gasteiger partial charge in [0.15, 0.2) is 6.17 Å². The minimum Gasteiger partial charge on any atom is -0.421 e. The zero-order valence-electron chi connectivity index (χ0n) is 16.5. The SMILES string of the molecule is C=C(C)C(=O)OC(F)C(F)(F)C(F)(F)C(F)(F)C(F)(F)C(F)(F)C(F)(F)C(F)(F)C(F)C(F)C(F)F. The van der Waals surface area contributed by atoms with Crippen LogP contribution < -0.4 is 0 Å². The van der Waals surface area contributed by atoms with Crippen LogP contribution in [-0.4, -0.2) is 72.6 Å². The fraction of sp³-hybridized carbons (Fsp3) is 0.800. The van der Waals surface area contributed by atoms with Crippen molar-refractivity contribution in [2.45, 2.75) is 73.5 Å². The molecule has 21 heteroatoms. The summed E-state index contributed by atoms with van der Waals surface area (Å²) in [5, 5.41) is 0. The Bertz CT molecular complexity index is 820. The van der Waals surface area contributed by atoms with E-state index in [4.69, 9.17) is 0 Å². The second kappa shape index (κ2) is 9.64. The first-order valence-electron chi connectivity index (χ1n) is 8.23. The lowest BCUT2D eigenvalue weighted by molar-refractivity contribution is -0.451. The number of rotatable bonds is 12. The quantitative estimate of drug-likeness (QED) is 0.144. The standard InChI is InChI=1S/C15H9F19O2/c1-3(2)7(35)36-8(20)10(23,24)12(27,28)14(31,32)15(33,34)13(29,30)11(25,26)9(21,22)5(17)4(16)6(18)19/h4-6,8H,1H2,2H3. The normalized spacial score (nSPS) is 17.6. The van der Waals surface area contributed by atoms with Crippen LogP contribution in [0.5, 0.6) is 0 Å². The molecule has 0 aliphatic rings. The largest absolute Gasteiger partial charge is 0.421 e. The smallest absolute Gasteiger partial charge is 0.385 e. The van der Waals surface area contributed by atoms with Crippen LogP contribution in [0.1, 0.15) is 6.92 Å². The summed E-state index contributed by atoms with van der Waals surface area (Å²) in [6.07, 6.45) is -21.5. The molecule has 214 valence electrons. The van der Waals surface area contributed by atoms with E-state index in [1.54, 1.807) is 0 Å². The highest BCUT2D eigenvalue weighted by atomic mass is 19.4. The van der Waals surface area contributed by atoms with E-state index >= 15 is 0 Å². The second-order valence-corrected chi connectivity index (χ2v) is 6.80. The van der Waals surface area contributed by atoms with Crippen molar-refractivity contribution in [2.24, 2.45) is 0 Å². The zero-order valence-corrected chi connectivity index (χ0v) is 16.5. The Morgan fingerprint density at radius 2 is 0.917 bits per heavy atom. The molecule has 0 saturated heterocycles.